The summed E-state index contributed by atoms with van der Waals surface area (Å²) in [6, 6.07) is 13.7. The number of aliphatic hydroxyl groups is 1. The summed E-state index contributed by atoms with van der Waals surface area (Å²) in [6.07, 6.45) is 6.96. The van der Waals surface area contributed by atoms with Gasteiger partial charge in [0.25, 0.3) is 30.4 Å². The number of carboxylic acids is 1. The lowest BCUT2D eigenvalue weighted by Gasteiger charge is -2.27. The fourth-order valence-electron chi connectivity index (χ4n) is 13.0. The van der Waals surface area contributed by atoms with E-state index in [1.165, 1.54) is 30.5 Å². The molecule has 594 valence electrons. The summed E-state index contributed by atoms with van der Waals surface area (Å²) in [7, 11) is -36.3. The Balaban J connectivity index is 0.00000532. The van der Waals surface area contributed by atoms with Gasteiger partial charge in [-0.2, -0.15) is 51.9 Å². The molecule has 0 saturated carbocycles. The molecule has 45 heteroatoms. The zero-order valence-corrected chi connectivity index (χ0v) is 65.0. The number of allylic oxidation sites excluding steroid dienone is 6. The van der Waals surface area contributed by atoms with E-state index in [4.69, 9.17) is 23.4 Å². The minimum Gasteiger partial charge on any atom is -0.748 e. The van der Waals surface area contributed by atoms with Gasteiger partial charge < -0.3 is 50.1 Å². The summed E-state index contributed by atoms with van der Waals surface area (Å²) in [6.45, 7) is 6.23. The van der Waals surface area contributed by atoms with E-state index in [9.17, 15) is 110 Å². The minimum atomic E-state index is -5.87. The molecule has 11 N–H and O–H groups in total. The van der Waals surface area contributed by atoms with Crippen molar-refractivity contribution in [3.05, 3.63) is 125 Å². The number of fused-ring (bicyclic) bond motifs is 6. The molecule has 1 saturated heterocycles. The SMILES string of the molecule is CC1(C)C(=CC=CC=CC2=[N+](CCCCCC(=O)CC(CCC(=O)O)C(=O)NCCCCCCOP(=O)(O)OP(=O)(O)OP(=O)(O)OC[C@H]3O[C@@H](n4ccc(N)nc4=O)C[C@H]3O)c3ccc4c(S(=O)(=O)O)cc(S(=O)(=O)O)cc4c3C2(C)C)N(CCCS(=O)(=O)[O-])c2ccc3ccc(S(=O)(=O)O)cc3c21.O=S=O. The smallest absolute Gasteiger partial charge is 0.490 e. The Morgan fingerprint density at radius 2 is 1.41 bits per heavy atom. The number of Topliss-reactive ketones (excluding diaryl/α,β-unsaturated/α-hetero) is 1. The molecule has 4 unspecified atom stereocenters. The Kier molecular flexibility index (Phi) is 29.6. The average molecular weight is 1670 g/mol. The van der Waals surface area contributed by atoms with Crippen molar-refractivity contribution in [3.8, 4) is 0 Å². The van der Waals surface area contributed by atoms with Crippen molar-refractivity contribution in [2.75, 3.05) is 49.2 Å². The predicted octanol–water partition coefficient (Wildman–Crippen LogP) is 6.70. The molecule has 0 aliphatic carbocycles. The number of hydrogen-bond acceptors (Lipinski definition) is 27. The number of nitrogens with two attached hydrogens (primary N) is 1. The first-order chi connectivity index (χ1) is 50.1. The molecular weight excluding hydrogens is 1590 g/mol. The Labute approximate surface area is 624 Å². The molecule has 1 aromatic heterocycles. The number of nitrogens with zero attached hydrogens (tertiary/aromatic N) is 4. The van der Waals surface area contributed by atoms with Crippen LogP contribution in [0.4, 0.5) is 17.2 Å². The van der Waals surface area contributed by atoms with Crippen molar-refractivity contribution in [2.24, 2.45) is 5.92 Å². The van der Waals surface area contributed by atoms with Crippen molar-refractivity contribution in [2.45, 2.75) is 155 Å². The van der Waals surface area contributed by atoms with Crippen LogP contribution in [0, 0.1) is 5.92 Å². The Bertz CT molecular complexity index is 5140. The van der Waals surface area contributed by atoms with Crippen LogP contribution in [0.15, 0.2) is 122 Å². The van der Waals surface area contributed by atoms with Crippen LogP contribution in [-0.2, 0) is 113 Å². The van der Waals surface area contributed by atoms with Crippen LogP contribution in [0.2, 0.25) is 0 Å². The van der Waals surface area contributed by atoms with Crippen LogP contribution in [-0.4, -0.2) is 174 Å². The molecule has 5 aromatic rings. The molecular formula is C63H81N6O31P3S5. The fraction of sp³-hybridized carbons (Fsp3) is 0.460. The van der Waals surface area contributed by atoms with Gasteiger partial charge in [0.05, 0.1) is 44.6 Å². The highest BCUT2D eigenvalue weighted by Crippen LogP contribution is 2.68. The van der Waals surface area contributed by atoms with E-state index in [0.717, 1.165) is 10.6 Å². The van der Waals surface area contributed by atoms with Crippen LogP contribution in [0.1, 0.15) is 129 Å². The van der Waals surface area contributed by atoms with Crippen LogP contribution < -0.4 is 21.6 Å². The summed E-state index contributed by atoms with van der Waals surface area (Å²) in [5.41, 5.74) is 6.07. The van der Waals surface area contributed by atoms with Gasteiger partial charge in [-0.3, -0.25) is 41.7 Å². The van der Waals surface area contributed by atoms with Gasteiger partial charge in [-0.1, -0.05) is 57.0 Å². The number of rotatable bonds is 38. The second-order valence-electron chi connectivity index (χ2n) is 26.2. The number of nitrogen functional groups attached to an aromatic ring is 1. The molecule has 3 aliphatic heterocycles. The topological polar surface area (TPSA) is 583 Å². The van der Waals surface area contributed by atoms with E-state index < -0.39 is 163 Å². The monoisotopic (exact) mass is 1670 g/mol. The highest BCUT2D eigenvalue weighted by atomic mass is 32.2. The number of aliphatic carboxylic acids is 1. The molecule has 3 aliphatic rings. The van der Waals surface area contributed by atoms with Gasteiger partial charge in [-0.15, -0.1) is 0 Å². The largest absolute Gasteiger partial charge is 0.748 e. The molecule has 37 nitrogen and oxygen atoms in total. The highest BCUT2D eigenvalue weighted by Gasteiger charge is 2.48. The number of ketones is 1. The number of ether oxygens (including phenoxy) is 1. The first-order valence-corrected chi connectivity index (χ1v) is 44.0. The Morgan fingerprint density at radius 3 is 2.05 bits per heavy atom. The standard InChI is InChI=1S/C63H81N6O29P3S4.O2S/c1-62(2)53(68(30-15-33-102(82,83)84)48-24-20-40-19-22-43(103(85,86)87)35-46(40)58(48)62)17-10-7-11-18-54-63(3,4)59-47-36-44(104(88,89)90)37-52(105(91,92)93)45(47)23-25-49(59)67(54)29-13-8-9-16-42(70)34-41(21-26-57(72)73)60(74)65-28-12-5-6-14-32-94-99(76,77)97-101(80,81)98-100(78,79)95-39-51-50(71)38-56(96-51)69-31-27-55(64)66-61(69)75;1-3-2/h7,10-11,17-20,22-25,27,31,35-37,41,50-51,56,71H,5-6,8-9,12-16,21,26,28-30,32-34,38-39H2,1-4H3,(H10-,64,65,66,72,73,74,75,76,77,78,79,80,81,82,83,84,85,86,87,88,89,90,91,92,93);/t41?,50-,51-,56-;/m1./s1. The van der Waals surface area contributed by atoms with Crippen molar-refractivity contribution in [1.29, 1.82) is 0 Å². The number of amides is 1. The summed E-state index contributed by atoms with van der Waals surface area (Å²) in [4.78, 5) is 84.3. The summed E-state index contributed by atoms with van der Waals surface area (Å²) < 4.78 is 221. The number of unbranched alkanes of at least 4 members (excludes halogenated alkanes) is 5. The highest BCUT2D eigenvalue weighted by molar-refractivity contribution is 7.87. The van der Waals surface area contributed by atoms with E-state index in [2.05, 4.69) is 23.4 Å². The van der Waals surface area contributed by atoms with Crippen LogP contribution in [0.25, 0.3) is 21.5 Å². The maximum absolute atomic E-state index is 13.5. The number of nitrogens with one attached hydrogen (secondary N) is 1. The molecule has 0 radical (unpaired) electrons. The van der Waals surface area contributed by atoms with E-state index >= 15 is 0 Å². The Morgan fingerprint density at radius 1 is 0.769 bits per heavy atom. The number of carboxylic acid groups (broad SMARTS) is 1. The molecule has 108 heavy (non-hydrogen) atoms. The number of carbonyl (C=O) groups is 3. The predicted molar refractivity (Wildman–Crippen MR) is 386 cm³/mol. The molecule has 0 spiro atoms. The van der Waals surface area contributed by atoms with Gasteiger partial charge in [0.2, 0.25) is 11.6 Å². The number of carbonyl (C=O) groups excluding carboxylic acids is 2. The zero-order valence-electron chi connectivity index (χ0n) is 58.2. The number of phosphoric ester groups is 2. The van der Waals surface area contributed by atoms with Gasteiger partial charge in [-0.25, -0.2) is 26.9 Å². The molecule has 7 atom stereocenters. The minimum absolute atomic E-state index is 0.0107. The van der Waals surface area contributed by atoms with Gasteiger partial charge in [0.15, 0.2) is 5.71 Å². The summed E-state index contributed by atoms with van der Waals surface area (Å²) >= 11 is -0.750. The van der Waals surface area contributed by atoms with Crippen LogP contribution in [0.5, 0.6) is 0 Å². The molecule has 1 amide bonds. The van der Waals surface area contributed by atoms with E-state index in [1.807, 2.05) is 23.3 Å². The fourth-order valence-corrected chi connectivity index (χ4v) is 18.9. The van der Waals surface area contributed by atoms with Gasteiger partial charge >= 0.3 is 46.7 Å². The number of aromatic nitrogens is 2. The molecule has 4 heterocycles. The first-order valence-electron chi connectivity index (χ1n) is 32.9. The van der Waals surface area contributed by atoms with Gasteiger partial charge in [-0.05, 0) is 123 Å². The quantitative estimate of drug-likeness (QED) is 0.00646. The maximum Gasteiger partial charge on any atom is 0.490 e. The second-order valence-corrected chi connectivity index (χ2v) is 36.7. The normalized spacial score (nSPS) is 19.6. The van der Waals surface area contributed by atoms with Crippen molar-refractivity contribution < 1.29 is 140 Å². The van der Waals surface area contributed by atoms with E-state index in [0.29, 0.717) is 89.3 Å². The first kappa shape index (κ1) is 88.4. The van der Waals surface area contributed by atoms with Crippen LogP contribution in [0.3, 0.4) is 0 Å². The molecule has 8 rings (SSSR count). The molecule has 0 bridgehead atoms. The Hall–Kier alpha value is -6.83. The van der Waals surface area contributed by atoms with E-state index in [1.54, 1.807) is 68.5 Å². The lowest BCUT2D eigenvalue weighted by Crippen LogP contribution is -2.33. The summed E-state index contributed by atoms with van der Waals surface area (Å²) in [5, 5.41) is 23.7. The molecule has 4 aromatic carbocycles. The maximum atomic E-state index is 13.5. The van der Waals surface area contributed by atoms with Crippen molar-refractivity contribution in [3.63, 3.8) is 0 Å². The number of aliphatic hydroxyl groups excluding tert-OH is 1. The third-order valence-electron chi connectivity index (χ3n) is 17.8. The van der Waals surface area contributed by atoms with E-state index in [-0.39, 0.29) is 85.4 Å². The summed E-state index contributed by atoms with van der Waals surface area (Å²) in [5.74, 6) is -3.92. The van der Waals surface area contributed by atoms with Gasteiger partial charge in [0, 0.05) is 103 Å². The second kappa shape index (κ2) is 36.1. The van der Waals surface area contributed by atoms with Crippen LogP contribution >= 0.6 is 23.5 Å². The third kappa shape index (κ3) is 23.6. The lowest BCUT2D eigenvalue weighted by atomic mass is 9.79. The van der Waals surface area contributed by atoms with Crippen molar-refractivity contribution in [1.82, 2.24) is 14.9 Å². The van der Waals surface area contributed by atoms with Gasteiger partial charge in [0.1, 0.15) is 35.4 Å². The number of phosphoric acid groups is 3. The molecule has 1 fully saturated rings. The number of anilines is 2. The number of benzene rings is 4. The van der Waals surface area contributed by atoms with Crippen molar-refractivity contribution >= 4 is 138 Å². The average Bonchev–Trinajstić information content (AvgIpc) is 1.57. The zero-order chi connectivity index (χ0) is 80.3. The lowest BCUT2D eigenvalue weighted by molar-refractivity contribution is -0.438. The third-order valence-corrected chi connectivity index (χ3v) is 25.4. The number of hydrogen-bond donors (Lipinski definition) is 10.